The Morgan fingerprint density at radius 1 is 0.850 bits per heavy atom. The quantitative estimate of drug-likeness (QED) is 0.925. The Kier molecular flexibility index (Phi) is 3.36. The highest BCUT2D eigenvalue weighted by atomic mass is 16.7. The molecule has 0 fully saturated rings. The first-order valence-corrected chi connectivity index (χ1v) is 6.82. The molecule has 3 heteroatoms. The van der Waals surface area contributed by atoms with Crippen molar-refractivity contribution in [3.8, 4) is 11.5 Å². The fraction of sp³-hybridized carbons (Fsp3) is 0.294. The van der Waals surface area contributed by atoms with E-state index >= 15 is 0 Å². The van der Waals surface area contributed by atoms with Crippen molar-refractivity contribution in [1.82, 2.24) is 0 Å². The molecule has 0 amide bonds. The average molecular weight is 270 g/mol. The number of hydrogen-bond acceptors (Lipinski definition) is 3. The number of ether oxygens (including phenoxy) is 2. The Morgan fingerprint density at radius 2 is 1.45 bits per heavy atom. The molecule has 3 rings (SSSR count). The van der Waals surface area contributed by atoms with Gasteiger partial charge < -0.3 is 14.6 Å². The van der Waals surface area contributed by atoms with Crippen LogP contribution in [0.3, 0.4) is 0 Å². The molecule has 1 aliphatic heterocycles. The third-order valence-corrected chi connectivity index (χ3v) is 3.63. The minimum atomic E-state index is -0.647. The first-order chi connectivity index (χ1) is 9.65. The summed E-state index contributed by atoms with van der Waals surface area (Å²) < 4.78 is 10.6. The maximum absolute atomic E-state index is 10.5. The van der Waals surface area contributed by atoms with Crippen molar-refractivity contribution in [2.24, 2.45) is 0 Å². The van der Waals surface area contributed by atoms with Crippen LogP contribution in [0, 0.1) is 0 Å². The fourth-order valence-electron chi connectivity index (χ4n) is 2.34. The molecule has 2 aromatic rings. The summed E-state index contributed by atoms with van der Waals surface area (Å²) >= 11 is 0. The van der Waals surface area contributed by atoms with Gasteiger partial charge in [0.15, 0.2) is 11.5 Å². The van der Waals surface area contributed by atoms with E-state index in [-0.39, 0.29) is 6.79 Å². The summed E-state index contributed by atoms with van der Waals surface area (Å²) in [5.41, 5.74) is 2.96. The van der Waals surface area contributed by atoms with Crippen LogP contribution in [0.25, 0.3) is 0 Å². The van der Waals surface area contributed by atoms with Gasteiger partial charge in [0.25, 0.3) is 0 Å². The zero-order chi connectivity index (χ0) is 14.1. The van der Waals surface area contributed by atoms with Crippen LogP contribution in [-0.4, -0.2) is 11.9 Å². The molecule has 0 radical (unpaired) electrons. The number of benzene rings is 2. The second kappa shape index (κ2) is 5.17. The zero-order valence-electron chi connectivity index (χ0n) is 11.7. The number of fused-ring (bicyclic) bond motifs is 1. The topological polar surface area (TPSA) is 38.7 Å². The molecule has 1 aliphatic rings. The molecule has 1 heterocycles. The summed E-state index contributed by atoms with van der Waals surface area (Å²) in [6, 6.07) is 13.6. The van der Waals surface area contributed by atoms with Crippen LogP contribution >= 0.6 is 0 Å². The lowest BCUT2D eigenvalue weighted by atomic mass is 9.97. The van der Waals surface area contributed by atoms with Gasteiger partial charge in [-0.1, -0.05) is 44.2 Å². The smallest absolute Gasteiger partial charge is 0.231 e. The van der Waals surface area contributed by atoms with Crippen LogP contribution in [0.5, 0.6) is 11.5 Å². The van der Waals surface area contributed by atoms with Crippen molar-refractivity contribution in [1.29, 1.82) is 0 Å². The van der Waals surface area contributed by atoms with Gasteiger partial charge in [0.1, 0.15) is 6.10 Å². The molecule has 1 unspecified atom stereocenters. The van der Waals surface area contributed by atoms with Gasteiger partial charge in [0.05, 0.1) is 0 Å². The molecule has 1 atom stereocenters. The standard InChI is InChI=1S/C17H18O3/c1-11(2)12-3-5-13(6-4-12)17(18)14-7-8-15-16(9-14)20-10-19-15/h3-9,11,17-18H,10H2,1-2H3. The second-order valence-electron chi connectivity index (χ2n) is 5.34. The highest BCUT2D eigenvalue weighted by Gasteiger charge is 2.17. The minimum Gasteiger partial charge on any atom is -0.454 e. The van der Waals surface area contributed by atoms with E-state index in [0.717, 1.165) is 16.9 Å². The van der Waals surface area contributed by atoms with Gasteiger partial charge in [-0.15, -0.1) is 0 Å². The monoisotopic (exact) mass is 270 g/mol. The molecule has 0 saturated carbocycles. The van der Waals surface area contributed by atoms with Crippen molar-refractivity contribution in [3.63, 3.8) is 0 Å². The molecule has 0 aliphatic carbocycles. The second-order valence-corrected chi connectivity index (χ2v) is 5.34. The van der Waals surface area contributed by atoms with Crippen LogP contribution < -0.4 is 9.47 Å². The van der Waals surface area contributed by atoms with Gasteiger partial charge in [-0.25, -0.2) is 0 Å². The van der Waals surface area contributed by atoms with Crippen LogP contribution in [-0.2, 0) is 0 Å². The van der Waals surface area contributed by atoms with Crippen molar-refractivity contribution >= 4 is 0 Å². The Balaban J connectivity index is 1.86. The van der Waals surface area contributed by atoms with Crippen LogP contribution in [0.15, 0.2) is 42.5 Å². The van der Waals surface area contributed by atoms with Crippen LogP contribution in [0.1, 0.15) is 42.6 Å². The average Bonchev–Trinajstić information content (AvgIpc) is 2.94. The predicted octanol–water partition coefficient (Wildman–Crippen LogP) is 3.62. The molecule has 1 N–H and O–H groups in total. The van der Waals surface area contributed by atoms with Gasteiger partial charge in [-0.05, 0) is 34.7 Å². The highest BCUT2D eigenvalue weighted by molar-refractivity contribution is 5.46. The summed E-state index contributed by atoms with van der Waals surface area (Å²) in [5, 5.41) is 10.5. The highest BCUT2D eigenvalue weighted by Crippen LogP contribution is 2.35. The fourth-order valence-corrected chi connectivity index (χ4v) is 2.34. The zero-order valence-corrected chi connectivity index (χ0v) is 11.7. The van der Waals surface area contributed by atoms with Gasteiger partial charge in [0.2, 0.25) is 6.79 Å². The van der Waals surface area contributed by atoms with Gasteiger partial charge in [-0.2, -0.15) is 0 Å². The number of hydrogen-bond donors (Lipinski definition) is 1. The Labute approximate surface area is 118 Å². The molecular weight excluding hydrogens is 252 g/mol. The molecule has 0 aromatic heterocycles. The first kappa shape index (κ1) is 13.0. The van der Waals surface area contributed by atoms with Crippen molar-refractivity contribution in [2.45, 2.75) is 25.9 Å². The lowest BCUT2D eigenvalue weighted by Gasteiger charge is -2.13. The van der Waals surface area contributed by atoms with E-state index < -0.39 is 6.10 Å². The van der Waals surface area contributed by atoms with Gasteiger partial charge in [-0.3, -0.25) is 0 Å². The summed E-state index contributed by atoms with van der Waals surface area (Å²) in [7, 11) is 0. The third-order valence-electron chi connectivity index (χ3n) is 3.63. The van der Waals surface area contributed by atoms with E-state index in [1.807, 2.05) is 30.3 Å². The number of rotatable bonds is 3. The van der Waals surface area contributed by atoms with E-state index in [2.05, 4.69) is 26.0 Å². The van der Waals surface area contributed by atoms with E-state index in [1.54, 1.807) is 0 Å². The number of aliphatic hydroxyl groups excluding tert-OH is 1. The third kappa shape index (κ3) is 2.37. The van der Waals surface area contributed by atoms with Crippen LogP contribution in [0.4, 0.5) is 0 Å². The van der Waals surface area contributed by atoms with E-state index in [9.17, 15) is 5.11 Å². The maximum Gasteiger partial charge on any atom is 0.231 e. The number of aliphatic hydroxyl groups is 1. The molecule has 2 aromatic carbocycles. The van der Waals surface area contributed by atoms with E-state index in [1.165, 1.54) is 5.56 Å². The van der Waals surface area contributed by atoms with Crippen molar-refractivity contribution in [3.05, 3.63) is 59.2 Å². The van der Waals surface area contributed by atoms with Gasteiger partial charge >= 0.3 is 0 Å². The Hall–Kier alpha value is -2.00. The van der Waals surface area contributed by atoms with E-state index in [4.69, 9.17) is 9.47 Å². The lowest BCUT2D eigenvalue weighted by Crippen LogP contribution is -2.00. The SMILES string of the molecule is CC(C)c1ccc(C(O)c2ccc3c(c2)OCO3)cc1. The summed E-state index contributed by atoms with van der Waals surface area (Å²) in [5.74, 6) is 1.92. The molecule has 3 nitrogen and oxygen atoms in total. The lowest BCUT2D eigenvalue weighted by molar-refractivity contribution is 0.173. The predicted molar refractivity (Wildman–Crippen MR) is 77.2 cm³/mol. The molecule has 0 spiro atoms. The molecule has 104 valence electrons. The van der Waals surface area contributed by atoms with Gasteiger partial charge in [0, 0.05) is 0 Å². The largest absolute Gasteiger partial charge is 0.454 e. The first-order valence-electron chi connectivity index (χ1n) is 6.82. The molecule has 20 heavy (non-hydrogen) atoms. The normalized spacial score (nSPS) is 14.6. The molecule has 0 saturated heterocycles. The summed E-state index contributed by atoms with van der Waals surface area (Å²) in [6.07, 6.45) is -0.647. The summed E-state index contributed by atoms with van der Waals surface area (Å²) in [4.78, 5) is 0. The van der Waals surface area contributed by atoms with Crippen molar-refractivity contribution < 1.29 is 14.6 Å². The summed E-state index contributed by atoms with van der Waals surface area (Å²) in [6.45, 7) is 4.56. The van der Waals surface area contributed by atoms with Crippen molar-refractivity contribution in [2.75, 3.05) is 6.79 Å². The Bertz CT molecular complexity index is 602. The van der Waals surface area contributed by atoms with Crippen LogP contribution in [0.2, 0.25) is 0 Å². The molecular formula is C17H18O3. The minimum absolute atomic E-state index is 0.248. The van der Waals surface area contributed by atoms with E-state index in [0.29, 0.717) is 11.7 Å². The Morgan fingerprint density at radius 3 is 2.15 bits per heavy atom. The molecule has 0 bridgehead atoms. The maximum atomic E-state index is 10.5.